The average Bonchev–Trinajstić information content (AvgIpc) is 2.95. The van der Waals surface area contributed by atoms with Gasteiger partial charge in [0.15, 0.2) is 0 Å². The molecule has 0 saturated carbocycles. The van der Waals surface area contributed by atoms with Gasteiger partial charge in [0.2, 0.25) is 0 Å². The molecular formula is C15H12ClN5O2. The Morgan fingerprint density at radius 3 is 2.70 bits per heavy atom. The summed E-state index contributed by atoms with van der Waals surface area (Å²) in [7, 11) is 0. The number of nitrogens with two attached hydrogens (primary N) is 1. The Morgan fingerprint density at radius 2 is 1.91 bits per heavy atom. The zero-order valence-corrected chi connectivity index (χ0v) is 12.5. The fraction of sp³-hybridized carbons (Fsp3) is 0. The highest BCUT2D eigenvalue weighted by molar-refractivity contribution is 6.31. The minimum Gasteiger partial charge on any atom is -0.397 e. The lowest BCUT2D eigenvalue weighted by Crippen LogP contribution is -2.42. The predicted octanol–water partition coefficient (Wildman–Crippen LogP) is 1.87. The Morgan fingerprint density at radius 1 is 1.13 bits per heavy atom. The first-order valence-electron chi connectivity index (χ1n) is 6.63. The Labute approximate surface area is 135 Å². The van der Waals surface area contributed by atoms with Crippen LogP contribution in [0.1, 0.15) is 20.8 Å². The normalized spacial score (nSPS) is 10.5. The third-order valence-corrected chi connectivity index (χ3v) is 3.45. The molecular weight excluding hydrogens is 318 g/mol. The molecule has 23 heavy (non-hydrogen) atoms. The molecule has 1 aromatic carbocycles. The van der Waals surface area contributed by atoms with Crippen LogP contribution in [0.3, 0.4) is 0 Å². The predicted molar refractivity (Wildman–Crippen MR) is 86.9 cm³/mol. The van der Waals surface area contributed by atoms with Crippen molar-refractivity contribution in [2.45, 2.75) is 0 Å². The molecule has 7 nitrogen and oxygen atoms in total. The lowest BCUT2D eigenvalue weighted by molar-refractivity contribution is 0.0845. The van der Waals surface area contributed by atoms with Gasteiger partial charge in [-0.3, -0.25) is 25.4 Å². The zero-order valence-electron chi connectivity index (χ0n) is 11.8. The van der Waals surface area contributed by atoms with Crippen molar-refractivity contribution in [1.82, 2.24) is 20.8 Å². The number of benzene rings is 1. The number of pyridine rings is 1. The van der Waals surface area contributed by atoms with Crippen molar-refractivity contribution in [3.8, 4) is 0 Å². The zero-order chi connectivity index (χ0) is 16.4. The summed E-state index contributed by atoms with van der Waals surface area (Å²) in [5.41, 5.74) is 11.8. The average molecular weight is 330 g/mol. The molecule has 0 radical (unpaired) electrons. The number of carbonyl (C=O) groups excluding carboxylic acids is 2. The van der Waals surface area contributed by atoms with Gasteiger partial charge in [0.25, 0.3) is 11.8 Å². The van der Waals surface area contributed by atoms with Crippen LogP contribution in [0, 0.1) is 0 Å². The van der Waals surface area contributed by atoms with Crippen LogP contribution in [0.5, 0.6) is 0 Å². The van der Waals surface area contributed by atoms with Crippen molar-refractivity contribution in [3.63, 3.8) is 0 Å². The highest BCUT2D eigenvalue weighted by Gasteiger charge is 2.13. The van der Waals surface area contributed by atoms with Crippen molar-refractivity contribution in [1.29, 1.82) is 0 Å². The van der Waals surface area contributed by atoms with E-state index in [4.69, 9.17) is 17.3 Å². The summed E-state index contributed by atoms with van der Waals surface area (Å²) in [5.74, 6) is -1.02. The summed E-state index contributed by atoms with van der Waals surface area (Å²) in [6.07, 6.45) is 2.80. The van der Waals surface area contributed by atoms with Crippen molar-refractivity contribution in [2.24, 2.45) is 0 Å². The molecule has 5 N–H and O–H groups in total. The lowest BCUT2D eigenvalue weighted by Gasteiger charge is -2.07. The van der Waals surface area contributed by atoms with E-state index in [2.05, 4.69) is 20.8 Å². The van der Waals surface area contributed by atoms with Crippen LogP contribution in [0.25, 0.3) is 10.9 Å². The summed E-state index contributed by atoms with van der Waals surface area (Å²) < 4.78 is 0. The molecule has 0 fully saturated rings. The second kappa shape index (κ2) is 5.98. The molecule has 116 valence electrons. The molecule has 3 rings (SSSR count). The summed E-state index contributed by atoms with van der Waals surface area (Å²) in [5, 5.41) is 1.37. The van der Waals surface area contributed by atoms with E-state index in [1.807, 2.05) is 0 Å². The van der Waals surface area contributed by atoms with Crippen molar-refractivity contribution >= 4 is 40.0 Å². The first-order valence-corrected chi connectivity index (χ1v) is 7.01. The number of nitrogens with zero attached hydrogens (tertiary/aromatic N) is 1. The van der Waals surface area contributed by atoms with E-state index >= 15 is 0 Å². The maximum Gasteiger partial charge on any atom is 0.286 e. The van der Waals surface area contributed by atoms with E-state index in [-0.39, 0.29) is 11.3 Å². The molecule has 2 aromatic heterocycles. The molecule has 2 amide bonds. The van der Waals surface area contributed by atoms with Crippen LogP contribution >= 0.6 is 11.6 Å². The molecule has 8 heteroatoms. The minimum atomic E-state index is -0.530. The van der Waals surface area contributed by atoms with Gasteiger partial charge in [-0.1, -0.05) is 11.6 Å². The van der Waals surface area contributed by atoms with Gasteiger partial charge >= 0.3 is 0 Å². The van der Waals surface area contributed by atoms with Crippen molar-refractivity contribution in [3.05, 3.63) is 59.0 Å². The smallest absolute Gasteiger partial charge is 0.286 e. The van der Waals surface area contributed by atoms with E-state index in [0.29, 0.717) is 10.7 Å². The maximum atomic E-state index is 12.1. The number of carbonyl (C=O) groups is 2. The highest BCUT2D eigenvalue weighted by atomic mass is 35.5. The van der Waals surface area contributed by atoms with E-state index in [1.54, 1.807) is 24.3 Å². The first kappa shape index (κ1) is 14.9. The number of hydrogen-bond donors (Lipinski definition) is 4. The number of amides is 2. The number of fused-ring (bicyclic) bond motifs is 1. The van der Waals surface area contributed by atoms with Crippen LogP contribution < -0.4 is 16.6 Å². The number of rotatable bonds is 2. The summed E-state index contributed by atoms with van der Waals surface area (Å²) >= 11 is 5.90. The second-order valence-corrected chi connectivity index (χ2v) is 5.22. The van der Waals surface area contributed by atoms with Crippen molar-refractivity contribution < 1.29 is 9.59 Å². The number of anilines is 1. The standard InChI is InChI=1S/C15H12ClN5O2/c16-9-1-2-12-8(5-9)6-13(19-12)15(23)21-20-14(22)10-3-4-18-7-11(10)17/h1-7,19H,17H2,(H,20,22)(H,21,23). The van der Waals surface area contributed by atoms with Crippen LogP contribution in [0.4, 0.5) is 5.69 Å². The van der Waals surface area contributed by atoms with Gasteiger partial charge in [-0.25, -0.2) is 0 Å². The third-order valence-electron chi connectivity index (χ3n) is 3.21. The SMILES string of the molecule is Nc1cnccc1C(=O)NNC(=O)c1cc2cc(Cl)ccc2[nH]1. The van der Waals surface area contributed by atoms with Gasteiger partial charge < -0.3 is 10.7 Å². The number of halogens is 1. The molecule has 0 unspecified atom stereocenters. The van der Waals surface area contributed by atoms with Gasteiger partial charge in [0, 0.05) is 22.1 Å². The van der Waals surface area contributed by atoms with E-state index in [0.717, 1.165) is 10.9 Å². The van der Waals surface area contributed by atoms with Gasteiger partial charge in [-0.15, -0.1) is 0 Å². The number of nitrogens with one attached hydrogen (secondary N) is 3. The largest absolute Gasteiger partial charge is 0.397 e. The fourth-order valence-electron chi connectivity index (χ4n) is 2.09. The Bertz CT molecular complexity index is 906. The Balaban J connectivity index is 1.71. The molecule has 0 atom stereocenters. The molecule has 2 heterocycles. The second-order valence-electron chi connectivity index (χ2n) is 4.79. The molecule has 0 aliphatic carbocycles. The molecule has 0 aliphatic rings. The molecule has 3 aromatic rings. The number of aromatic nitrogens is 2. The van der Waals surface area contributed by atoms with E-state index in [9.17, 15) is 9.59 Å². The fourth-order valence-corrected chi connectivity index (χ4v) is 2.27. The lowest BCUT2D eigenvalue weighted by atomic mass is 10.2. The quantitative estimate of drug-likeness (QED) is 0.537. The number of nitrogen functional groups attached to an aromatic ring is 1. The van der Waals surface area contributed by atoms with Gasteiger partial charge in [-0.05, 0) is 30.3 Å². The Hall–Kier alpha value is -3.06. The van der Waals surface area contributed by atoms with Gasteiger partial charge in [0.1, 0.15) is 5.69 Å². The number of hydrazine groups is 1. The topological polar surface area (TPSA) is 113 Å². The maximum absolute atomic E-state index is 12.1. The molecule has 0 saturated heterocycles. The van der Waals surface area contributed by atoms with Crippen LogP contribution in [-0.4, -0.2) is 21.8 Å². The van der Waals surface area contributed by atoms with Gasteiger partial charge in [0.05, 0.1) is 17.4 Å². The van der Waals surface area contributed by atoms with Crippen LogP contribution in [-0.2, 0) is 0 Å². The third kappa shape index (κ3) is 3.09. The van der Waals surface area contributed by atoms with E-state index < -0.39 is 11.8 Å². The number of H-pyrrole nitrogens is 1. The summed E-state index contributed by atoms with van der Waals surface area (Å²) in [6.45, 7) is 0. The number of hydrogen-bond acceptors (Lipinski definition) is 4. The van der Waals surface area contributed by atoms with Crippen molar-refractivity contribution in [2.75, 3.05) is 5.73 Å². The van der Waals surface area contributed by atoms with Crippen LogP contribution in [0.15, 0.2) is 42.7 Å². The highest BCUT2D eigenvalue weighted by Crippen LogP contribution is 2.19. The first-order chi connectivity index (χ1) is 11.0. The van der Waals surface area contributed by atoms with Gasteiger partial charge in [-0.2, -0.15) is 0 Å². The Kier molecular flexibility index (Phi) is 3.86. The summed E-state index contributed by atoms with van der Waals surface area (Å²) in [6, 6.07) is 8.33. The summed E-state index contributed by atoms with van der Waals surface area (Å²) in [4.78, 5) is 30.8. The van der Waals surface area contributed by atoms with E-state index in [1.165, 1.54) is 18.5 Å². The molecule has 0 spiro atoms. The number of aromatic amines is 1. The molecule has 0 bridgehead atoms. The van der Waals surface area contributed by atoms with Crippen LogP contribution in [0.2, 0.25) is 5.02 Å². The molecule has 0 aliphatic heterocycles. The monoisotopic (exact) mass is 329 g/mol. The minimum absolute atomic E-state index is 0.222.